The molecule has 2 aromatic carbocycles. The molecule has 0 saturated carbocycles. The summed E-state index contributed by atoms with van der Waals surface area (Å²) in [6.45, 7) is 1.91. The Hall–Kier alpha value is -1.92. The molecule has 1 aliphatic rings. The van der Waals surface area contributed by atoms with Crippen LogP contribution in [-0.2, 0) is 10.5 Å². The molecule has 1 aliphatic heterocycles. The van der Waals surface area contributed by atoms with Gasteiger partial charge in [0.25, 0.3) is 0 Å². The van der Waals surface area contributed by atoms with Gasteiger partial charge in [0.15, 0.2) is 0 Å². The lowest BCUT2D eigenvalue weighted by molar-refractivity contribution is -0.115. The third kappa shape index (κ3) is 4.58. The molecule has 2 aromatic rings. The largest absolute Gasteiger partial charge is 0.378 e. The Kier molecular flexibility index (Phi) is 5.71. The van der Waals surface area contributed by atoms with Crippen molar-refractivity contribution in [2.45, 2.75) is 17.9 Å². The molecule has 130 valence electrons. The second kappa shape index (κ2) is 7.97. The molecule has 1 heterocycles. The van der Waals surface area contributed by atoms with Crippen molar-refractivity contribution in [3.8, 4) is 0 Å². The zero-order chi connectivity index (χ0) is 17.8. The molecule has 0 radical (unpaired) electrons. The first-order chi connectivity index (χ1) is 12.0. The Morgan fingerprint density at radius 2 is 1.92 bits per heavy atom. The van der Waals surface area contributed by atoms with Gasteiger partial charge in [0.2, 0.25) is 5.91 Å². The molecule has 1 N–H and O–H groups in total. The number of benzene rings is 2. The standard InChI is InChI=1S/C19H21N3OS2/c1-13(18(23)20-15-8-10-16(11-9-15)22(2)3)25-19-21-17-7-5-4-6-14(17)12-24-19/h4-11,13H,12H2,1-3H3,(H,20,23). The fraction of sp³-hybridized carbons (Fsp3) is 0.263. The Morgan fingerprint density at radius 3 is 2.64 bits per heavy atom. The molecule has 4 nitrogen and oxygen atoms in total. The van der Waals surface area contributed by atoms with Crippen LogP contribution in [0.3, 0.4) is 0 Å². The molecule has 0 bridgehead atoms. The zero-order valence-corrected chi connectivity index (χ0v) is 16.2. The van der Waals surface area contributed by atoms with Gasteiger partial charge in [-0.1, -0.05) is 41.7 Å². The number of carbonyl (C=O) groups is 1. The second-order valence-corrected chi connectivity index (χ2v) is 8.54. The minimum Gasteiger partial charge on any atom is -0.378 e. The van der Waals surface area contributed by atoms with Gasteiger partial charge in [-0.05, 0) is 42.8 Å². The van der Waals surface area contributed by atoms with Crippen molar-refractivity contribution in [3.05, 3.63) is 54.1 Å². The van der Waals surface area contributed by atoms with Crippen molar-refractivity contribution in [2.24, 2.45) is 4.99 Å². The minimum atomic E-state index is -0.204. The first-order valence-corrected chi connectivity index (χ1v) is 9.94. The van der Waals surface area contributed by atoms with Crippen LogP contribution in [0, 0.1) is 0 Å². The molecule has 1 amide bonds. The summed E-state index contributed by atoms with van der Waals surface area (Å²) < 4.78 is 0.948. The number of thioether (sulfide) groups is 2. The summed E-state index contributed by atoms with van der Waals surface area (Å²) in [4.78, 5) is 19.1. The Bertz CT molecular complexity index is 788. The number of nitrogens with zero attached hydrogens (tertiary/aromatic N) is 2. The van der Waals surface area contributed by atoms with E-state index in [-0.39, 0.29) is 11.2 Å². The normalized spacial score (nSPS) is 14.3. The van der Waals surface area contributed by atoms with Gasteiger partial charge < -0.3 is 10.2 Å². The summed E-state index contributed by atoms with van der Waals surface area (Å²) >= 11 is 3.20. The fourth-order valence-corrected chi connectivity index (χ4v) is 4.55. The monoisotopic (exact) mass is 371 g/mol. The zero-order valence-electron chi connectivity index (χ0n) is 14.5. The molecule has 1 unspecified atom stereocenters. The number of nitrogens with one attached hydrogen (secondary N) is 1. The minimum absolute atomic E-state index is 0.00948. The van der Waals surface area contributed by atoms with Crippen LogP contribution in [0.4, 0.5) is 17.1 Å². The first kappa shape index (κ1) is 17.9. The van der Waals surface area contributed by atoms with Gasteiger partial charge in [-0.2, -0.15) is 0 Å². The van der Waals surface area contributed by atoms with E-state index in [4.69, 9.17) is 0 Å². The Morgan fingerprint density at radius 1 is 1.20 bits per heavy atom. The van der Waals surface area contributed by atoms with Gasteiger partial charge in [0.1, 0.15) is 4.38 Å². The van der Waals surface area contributed by atoms with E-state index in [0.29, 0.717) is 0 Å². The lowest BCUT2D eigenvalue weighted by Crippen LogP contribution is -2.23. The quantitative estimate of drug-likeness (QED) is 0.842. The van der Waals surface area contributed by atoms with E-state index in [0.717, 1.165) is 27.2 Å². The van der Waals surface area contributed by atoms with Crippen LogP contribution in [0.2, 0.25) is 0 Å². The number of para-hydroxylation sites is 1. The predicted octanol–water partition coefficient (Wildman–Crippen LogP) is 4.75. The highest BCUT2D eigenvalue weighted by Crippen LogP contribution is 2.35. The molecule has 1 atom stereocenters. The lowest BCUT2D eigenvalue weighted by Gasteiger charge is -2.17. The third-order valence-electron chi connectivity index (χ3n) is 3.85. The highest BCUT2D eigenvalue weighted by atomic mass is 32.2. The van der Waals surface area contributed by atoms with Crippen LogP contribution in [-0.4, -0.2) is 29.6 Å². The van der Waals surface area contributed by atoms with Crippen molar-refractivity contribution >= 4 is 50.9 Å². The number of aliphatic imine (C=N–C) groups is 1. The summed E-state index contributed by atoms with van der Waals surface area (Å²) in [5.74, 6) is 0.896. The summed E-state index contributed by atoms with van der Waals surface area (Å²) in [5, 5.41) is 2.77. The van der Waals surface area contributed by atoms with Crippen molar-refractivity contribution < 1.29 is 4.79 Å². The molecule has 0 spiro atoms. The van der Waals surface area contributed by atoms with E-state index in [1.165, 1.54) is 17.3 Å². The first-order valence-electron chi connectivity index (χ1n) is 8.07. The molecular formula is C19H21N3OS2. The van der Waals surface area contributed by atoms with E-state index in [9.17, 15) is 4.79 Å². The van der Waals surface area contributed by atoms with E-state index in [1.54, 1.807) is 11.8 Å². The highest BCUT2D eigenvalue weighted by Gasteiger charge is 2.20. The maximum atomic E-state index is 12.4. The number of rotatable bonds is 4. The predicted molar refractivity (Wildman–Crippen MR) is 111 cm³/mol. The molecule has 0 fully saturated rings. The van der Waals surface area contributed by atoms with Crippen LogP contribution < -0.4 is 10.2 Å². The molecule has 6 heteroatoms. The van der Waals surface area contributed by atoms with Crippen LogP contribution >= 0.6 is 23.5 Å². The van der Waals surface area contributed by atoms with Crippen molar-refractivity contribution in [1.29, 1.82) is 0 Å². The number of carbonyl (C=O) groups excluding carboxylic acids is 1. The van der Waals surface area contributed by atoms with E-state index in [1.807, 2.05) is 68.4 Å². The van der Waals surface area contributed by atoms with E-state index >= 15 is 0 Å². The van der Waals surface area contributed by atoms with Crippen LogP contribution in [0.15, 0.2) is 53.5 Å². The van der Waals surface area contributed by atoms with Gasteiger partial charge >= 0.3 is 0 Å². The second-order valence-electron chi connectivity index (χ2n) is 5.99. The molecule has 3 rings (SSSR count). The smallest absolute Gasteiger partial charge is 0.237 e. The highest BCUT2D eigenvalue weighted by molar-refractivity contribution is 8.39. The van der Waals surface area contributed by atoms with Crippen LogP contribution in [0.5, 0.6) is 0 Å². The van der Waals surface area contributed by atoms with E-state index < -0.39 is 0 Å². The molecule has 0 aliphatic carbocycles. The maximum Gasteiger partial charge on any atom is 0.237 e. The Labute approximate surface area is 157 Å². The number of hydrogen-bond donors (Lipinski definition) is 1. The van der Waals surface area contributed by atoms with Crippen molar-refractivity contribution in [1.82, 2.24) is 0 Å². The van der Waals surface area contributed by atoms with Gasteiger partial charge in [-0.25, -0.2) is 4.99 Å². The van der Waals surface area contributed by atoms with Crippen molar-refractivity contribution in [3.63, 3.8) is 0 Å². The van der Waals surface area contributed by atoms with Crippen molar-refractivity contribution in [2.75, 3.05) is 24.3 Å². The SMILES string of the molecule is CC(SC1=Nc2ccccc2CS1)C(=O)Nc1ccc(N(C)C)cc1. The molecular weight excluding hydrogens is 350 g/mol. The number of amides is 1. The van der Waals surface area contributed by atoms with Gasteiger partial charge in [0.05, 0.1) is 10.9 Å². The van der Waals surface area contributed by atoms with Gasteiger partial charge in [-0.3, -0.25) is 4.79 Å². The number of anilines is 2. The summed E-state index contributed by atoms with van der Waals surface area (Å²) in [6.07, 6.45) is 0. The summed E-state index contributed by atoms with van der Waals surface area (Å²) in [5.41, 5.74) is 4.17. The number of hydrogen-bond acceptors (Lipinski definition) is 5. The maximum absolute atomic E-state index is 12.4. The van der Waals surface area contributed by atoms with Crippen LogP contribution in [0.25, 0.3) is 0 Å². The topological polar surface area (TPSA) is 44.7 Å². The third-order valence-corrected chi connectivity index (χ3v) is 6.15. The molecule has 25 heavy (non-hydrogen) atoms. The summed E-state index contributed by atoms with van der Waals surface area (Å²) in [6, 6.07) is 16.0. The van der Waals surface area contributed by atoms with E-state index in [2.05, 4.69) is 16.4 Å². The average Bonchev–Trinajstić information content (AvgIpc) is 2.62. The number of fused-ring (bicyclic) bond motifs is 1. The van der Waals surface area contributed by atoms with Crippen LogP contribution in [0.1, 0.15) is 12.5 Å². The Balaban J connectivity index is 1.60. The molecule has 0 aromatic heterocycles. The van der Waals surface area contributed by atoms with Gasteiger partial charge in [-0.15, -0.1) is 0 Å². The average molecular weight is 372 g/mol. The molecule has 0 saturated heterocycles. The summed E-state index contributed by atoms with van der Waals surface area (Å²) in [7, 11) is 3.99. The fourth-order valence-electron chi connectivity index (χ4n) is 2.36. The lowest BCUT2D eigenvalue weighted by atomic mass is 10.2. The van der Waals surface area contributed by atoms with Gasteiger partial charge in [0, 0.05) is 31.2 Å².